The second-order valence-corrected chi connectivity index (χ2v) is 10.7. The van der Waals surface area contributed by atoms with E-state index >= 15 is 4.39 Å². The Morgan fingerprint density at radius 1 is 1.14 bits per heavy atom. The molecule has 8 heteroatoms. The van der Waals surface area contributed by atoms with Crippen LogP contribution in [0.2, 0.25) is 0 Å². The van der Waals surface area contributed by atoms with Crippen molar-refractivity contribution in [1.82, 2.24) is 0 Å². The Morgan fingerprint density at radius 3 is 2.54 bits per heavy atom. The second kappa shape index (κ2) is 8.52. The minimum Gasteiger partial charge on any atom is -0.492 e. The number of ether oxygens (including phenoxy) is 3. The van der Waals surface area contributed by atoms with Crippen LogP contribution in [0.25, 0.3) is 0 Å². The van der Waals surface area contributed by atoms with Crippen molar-refractivity contribution >= 4 is 18.6 Å². The predicted octanol–water partition coefficient (Wildman–Crippen LogP) is 4.48. The van der Waals surface area contributed by atoms with Crippen molar-refractivity contribution in [3.63, 3.8) is 0 Å². The number of benzene rings is 2. The fourth-order valence-electron chi connectivity index (χ4n) is 5.23. The summed E-state index contributed by atoms with van der Waals surface area (Å²) in [5.41, 5.74) is 2.34. The summed E-state index contributed by atoms with van der Waals surface area (Å²) in [6.45, 7) is 10.3. The zero-order valence-corrected chi connectivity index (χ0v) is 21.1. The van der Waals surface area contributed by atoms with Crippen LogP contribution in [0.1, 0.15) is 69.8 Å². The van der Waals surface area contributed by atoms with Gasteiger partial charge in [0, 0.05) is 23.1 Å². The van der Waals surface area contributed by atoms with E-state index in [1.807, 2.05) is 52.8 Å². The van der Waals surface area contributed by atoms with Crippen molar-refractivity contribution in [1.29, 1.82) is 0 Å². The fraction of sp³-hybridized carbons (Fsp3) is 0.519. The first-order valence-electron chi connectivity index (χ1n) is 12.2. The zero-order valence-electron chi connectivity index (χ0n) is 21.1. The van der Waals surface area contributed by atoms with E-state index < -0.39 is 24.4 Å². The number of halogens is 1. The third-order valence-corrected chi connectivity index (χ3v) is 8.08. The standard InChI is InChI=1S/C27H32BFO6/c1-15(25(30)31-6)19-14-32-23-13-16(7-8-17(19)23)33-22-12-9-18-20(10-11-21(29)24(18)22)28-34-26(2,3)27(4,5)35-28/h7-8,10-11,13,15,19,22H,9,12,14H2,1-6H3/t15?,19-,22+/m0/s1. The Hall–Kier alpha value is -2.58. The van der Waals surface area contributed by atoms with Crippen LogP contribution in [0.15, 0.2) is 30.3 Å². The lowest BCUT2D eigenvalue weighted by atomic mass is 9.75. The molecule has 3 atom stereocenters. The van der Waals surface area contributed by atoms with Gasteiger partial charge in [-0.25, -0.2) is 4.39 Å². The van der Waals surface area contributed by atoms with Crippen LogP contribution in [0.4, 0.5) is 4.39 Å². The van der Waals surface area contributed by atoms with Crippen LogP contribution < -0.4 is 14.9 Å². The molecule has 2 aliphatic heterocycles. The monoisotopic (exact) mass is 482 g/mol. The quantitative estimate of drug-likeness (QED) is 0.463. The number of hydrogen-bond acceptors (Lipinski definition) is 6. The van der Waals surface area contributed by atoms with Crippen molar-refractivity contribution < 1.29 is 32.7 Å². The third kappa shape index (κ3) is 4.00. The van der Waals surface area contributed by atoms with Gasteiger partial charge >= 0.3 is 13.1 Å². The summed E-state index contributed by atoms with van der Waals surface area (Å²) in [5, 5.41) is 0. The molecule has 0 N–H and O–H groups in total. The first-order valence-corrected chi connectivity index (χ1v) is 12.2. The number of fused-ring (bicyclic) bond motifs is 2. The maximum atomic E-state index is 15.1. The molecule has 1 saturated heterocycles. The molecule has 2 aromatic rings. The van der Waals surface area contributed by atoms with Crippen molar-refractivity contribution in [2.24, 2.45) is 5.92 Å². The van der Waals surface area contributed by atoms with Gasteiger partial charge in [-0.1, -0.05) is 19.1 Å². The topological polar surface area (TPSA) is 63.2 Å². The number of hydrogen-bond donors (Lipinski definition) is 0. The average Bonchev–Trinajstić information content (AvgIpc) is 3.47. The molecule has 1 unspecified atom stereocenters. The van der Waals surface area contributed by atoms with Gasteiger partial charge in [-0.05, 0) is 63.7 Å². The molecule has 6 nitrogen and oxygen atoms in total. The van der Waals surface area contributed by atoms with Gasteiger partial charge in [0.2, 0.25) is 0 Å². The molecule has 2 aromatic carbocycles. The molecule has 186 valence electrons. The first-order chi connectivity index (χ1) is 16.5. The molecule has 1 aliphatic carbocycles. The molecule has 1 fully saturated rings. The van der Waals surface area contributed by atoms with E-state index in [-0.39, 0.29) is 23.6 Å². The van der Waals surface area contributed by atoms with Gasteiger partial charge in [-0.3, -0.25) is 4.79 Å². The van der Waals surface area contributed by atoms with E-state index in [0.29, 0.717) is 36.5 Å². The summed E-state index contributed by atoms with van der Waals surface area (Å²) >= 11 is 0. The highest BCUT2D eigenvalue weighted by Gasteiger charge is 2.53. The Labute approximate surface area is 206 Å². The summed E-state index contributed by atoms with van der Waals surface area (Å²) in [5.74, 6) is 0.368. The molecular weight excluding hydrogens is 450 g/mol. The molecule has 35 heavy (non-hydrogen) atoms. The van der Waals surface area contributed by atoms with Crippen LogP contribution in [-0.4, -0.2) is 38.0 Å². The summed E-state index contributed by atoms with van der Waals surface area (Å²) in [7, 11) is 0.846. The molecule has 0 amide bonds. The molecule has 0 spiro atoms. The smallest absolute Gasteiger partial charge is 0.492 e. The Morgan fingerprint density at radius 2 is 1.86 bits per heavy atom. The van der Waals surface area contributed by atoms with Crippen LogP contribution >= 0.6 is 0 Å². The molecule has 0 aromatic heterocycles. The van der Waals surface area contributed by atoms with Crippen LogP contribution in [-0.2, 0) is 25.3 Å². The van der Waals surface area contributed by atoms with Crippen LogP contribution in [0.5, 0.6) is 11.5 Å². The molecule has 0 radical (unpaired) electrons. The summed E-state index contributed by atoms with van der Waals surface area (Å²) in [6.07, 6.45) is 0.914. The fourth-order valence-corrected chi connectivity index (χ4v) is 5.23. The second-order valence-electron chi connectivity index (χ2n) is 10.7. The molecule has 0 bridgehead atoms. The summed E-state index contributed by atoms with van der Waals surface area (Å²) in [4.78, 5) is 12.0. The van der Waals surface area contributed by atoms with Gasteiger partial charge in [0.05, 0.1) is 30.8 Å². The van der Waals surface area contributed by atoms with Gasteiger partial charge in [0.1, 0.15) is 23.4 Å². The molecule has 5 rings (SSSR count). The Kier molecular flexibility index (Phi) is 5.88. The van der Waals surface area contributed by atoms with Crippen LogP contribution in [0, 0.1) is 11.7 Å². The Bertz CT molecular complexity index is 1150. The van der Waals surface area contributed by atoms with E-state index in [9.17, 15) is 4.79 Å². The minimum atomic E-state index is -0.546. The Balaban J connectivity index is 1.38. The number of esters is 1. The zero-order chi connectivity index (χ0) is 25.1. The maximum Gasteiger partial charge on any atom is 0.495 e. The van der Waals surface area contributed by atoms with Gasteiger partial charge in [0.25, 0.3) is 0 Å². The van der Waals surface area contributed by atoms with Crippen molar-refractivity contribution in [2.75, 3.05) is 13.7 Å². The number of carbonyl (C=O) groups is 1. The van der Waals surface area contributed by atoms with Crippen molar-refractivity contribution in [3.8, 4) is 11.5 Å². The van der Waals surface area contributed by atoms with Crippen molar-refractivity contribution in [3.05, 3.63) is 52.8 Å². The predicted molar refractivity (Wildman–Crippen MR) is 130 cm³/mol. The highest BCUT2D eigenvalue weighted by Crippen LogP contribution is 2.43. The minimum absolute atomic E-state index is 0.0707. The first kappa shape index (κ1) is 24.1. The van der Waals surface area contributed by atoms with Gasteiger partial charge in [0.15, 0.2) is 0 Å². The molecule has 3 aliphatic rings. The lowest BCUT2D eigenvalue weighted by Gasteiger charge is -2.32. The third-order valence-electron chi connectivity index (χ3n) is 8.08. The normalized spacial score (nSPS) is 24.5. The van der Waals surface area contributed by atoms with E-state index in [1.165, 1.54) is 13.2 Å². The molecule has 2 heterocycles. The largest absolute Gasteiger partial charge is 0.495 e. The highest BCUT2D eigenvalue weighted by atomic mass is 19.1. The van der Waals surface area contributed by atoms with Crippen LogP contribution in [0.3, 0.4) is 0 Å². The van der Waals surface area contributed by atoms with Gasteiger partial charge < -0.3 is 23.5 Å². The lowest BCUT2D eigenvalue weighted by molar-refractivity contribution is -0.145. The summed E-state index contributed by atoms with van der Waals surface area (Å²) < 4.78 is 44.6. The molecular formula is C27H32BFO6. The molecule has 0 saturated carbocycles. The maximum absolute atomic E-state index is 15.1. The van der Waals surface area contributed by atoms with Crippen molar-refractivity contribution in [2.45, 2.75) is 70.7 Å². The summed E-state index contributed by atoms with van der Waals surface area (Å²) in [6, 6.07) is 8.86. The van der Waals surface area contributed by atoms with E-state index in [4.69, 9.17) is 23.5 Å². The number of methoxy groups -OCH3 is 1. The van der Waals surface area contributed by atoms with E-state index in [2.05, 4.69) is 0 Å². The highest BCUT2D eigenvalue weighted by molar-refractivity contribution is 6.62. The van der Waals surface area contributed by atoms with E-state index in [1.54, 1.807) is 6.07 Å². The lowest BCUT2D eigenvalue weighted by Crippen LogP contribution is -2.41. The van der Waals surface area contributed by atoms with Gasteiger partial charge in [-0.15, -0.1) is 0 Å². The van der Waals surface area contributed by atoms with E-state index in [0.717, 1.165) is 16.6 Å². The number of rotatable bonds is 5. The van der Waals surface area contributed by atoms with Gasteiger partial charge in [-0.2, -0.15) is 0 Å². The SMILES string of the molecule is COC(=O)C(C)[C@@H]1COc2cc(O[C@@H]3CCc4c(B5OC(C)(C)C(C)(C)O5)ccc(F)c43)ccc21. The average molecular weight is 482 g/mol. The number of carbonyl (C=O) groups excluding carboxylic acids is 1.